The Bertz CT molecular complexity index is 504. The van der Waals surface area contributed by atoms with Gasteiger partial charge in [-0.05, 0) is 6.07 Å². The second-order valence-corrected chi connectivity index (χ2v) is 4.05. The predicted molar refractivity (Wildman–Crippen MR) is 58.9 cm³/mol. The van der Waals surface area contributed by atoms with Crippen LogP contribution in [0.5, 0.6) is 0 Å². The van der Waals surface area contributed by atoms with Crippen LogP contribution in [0.4, 0.5) is 8.78 Å². The molecule has 1 unspecified atom stereocenters. The number of amides is 2. The molecule has 1 aliphatic heterocycles. The Balaban J connectivity index is 2.16. The van der Waals surface area contributed by atoms with E-state index in [1.165, 1.54) is 12.1 Å². The zero-order valence-corrected chi connectivity index (χ0v) is 9.81. The monoisotopic (exact) mass is 271 g/mol. The van der Waals surface area contributed by atoms with Gasteiger partial charge in [0.15, 0.2) is 11.6 Å². The van der Waals surface area contributed by atoms with Crippen LogP contribution in [0.15, 0.2) is 18.2 Å². The summed E-state index contributed by atoms with van der Waals surface area (Å²) in [5, 5.41) is 9.82. The fourth-order valence-corrected chi connectivity index (χ4v) is 1.77. The van der Waals surface area contributed by atoms with Crippen LogP contribution in [0.25, 0.3) is 0 Å². The summed E-state index contributed by atoms with van der Waals surface area (Å²) in [5.41, 5.74) is -0.299. The van der Waals surface area contributed by atoms with Crippen LogP contribution < -0.4 is 0 Å². The van der Waals surface area contributed by atoms with Crippen LogP contribution in [-0.4, -0.2) is 41.6 Å². The molecule has 0 radical (unpaired) electrons. The van der Waals surface area contributed by atoms with Crippen molar-refractivity contribution < 1.29 is 28.2 Å². The lowest BCUT2D eigenvalue weighted by Gasteiger charge is -2.27. The van der Waals surface area contributed by atoms with Crippen LogP contribution in [0.3, 0.4) is 0 Å². The molecule has 0 bridgehead atoms. The van der Waals surface area contributed by atoms with Gasteiger partial charge in [0.05, 0.1) is 6.54 Å². The molecule has 19 heavy (non-hydrogen) atoms. The van der Waals surface area contributed by atoms with Crippen LogP contribution in [0.2, 0.25) is 0 Å². The lowest BCUT2D eigenvalue weighted by Crippen LogP contribution is -2.47. The number of aliphatic hydroxyl groups is 1. The number of halogens is 2. The van der Waals surface area contributed by atoms with E-state index in [0.29, 0.717) is 0 Å². The number of imide groups is 1. The Kier molecular flexibility index (Phi) is 3.87. The molecule has 0 aliphatic carbocycles. The minimum atomic E-state index is -1.48. The highest BCUT2D eigenvalue weighted by molar-refractivity contribution is 5.98. The molecule has 102 valence electrons. The van der Waals surface area contributed by atoms with Crippen molar-refractivity contribution in [1.29, 1.82) is 0 Å². The number of rotatable bonds is 3. The molecule has 1 fully saturated rings. The van der Waals surface area contributed by atoms with Crippen molar-refractivity contribution in [2.75, 3.05) is 19.8 Å². The summed E-state index contributed by atoms with van der Waals surface area (Å²) >= 11 is 0. The number of aliphatic hydroxyl groups excluding tert-OH is 1. The summed E-state index contributed by atoms with van der Waals surface area (Å²) in [6.07, 6.45) is -1.48. The zero-order chi connectivity index (χ0) is 14.0. The van der Waals surface area contributed by atoms with Gasteiger partial charge in [0.25, 0.3) is 11.8 Å². The Labute approximate surface area is 107 Å². The molecule has 1 saturated heterocycles. The number of morpholine rings is 1. The maximum Gasteiger partial charge on any atom is 0.255 e. The van der Waals surface area contributed by atoms with Crippen molar-refractivity contribution in [3.63, 3.8) is 0 Å². The maximum absolute atomic E-state index is 13.5. The fourth-order valence-electron chi connectivity index (χ4n) is 1.77. The maximum atomic E-state index is 13.5. The summed E-state index contributed by atoms with van der Waals surface area (Å²) in [7, 11) is 0. The third-order valence-electron chi connectivity index (χ3n) is 2.75. The lowest BCUT2D eigenvalue weighted by molar-refractivity contribution is -0.160. The average molecular weight is 271 g/mol. The number of benzene rings is 1. The first-order valence-corrected chi connectivity index (χ1v) is 5.53. The van der Waals surface area contributed by atoms with E-state index in [1.54, 1.807) is 0 Å². The van der Waals surface area contributed by atoms with Gasteiger partial charge in [0, 0.05) is 5.56 Å². The smallest absolute Gasteiger partial charge is 0.255 e. The first kappa shape index (κ1) is 13.6. The second kappa shape index (κ2) is 5.41. The van der Waals surface area contributed by atoms with Crippen molar-refractivity contribution in [2.24, 2.45) is 0 Å². The highest BCUT2D eigenvalue weighted by atomic mass is 19.2. The quantitative estimate of drug-likeness (QED) is 0.807. The van der Waals surface area contributed by atoms with Gasteiger partial charge in [0.2, 0.25) is 0 Å². The lowest BCUT2D eigenvalue weighted by atomic mass is 10.1. The number of ether oxygens (including phenoxy) is 1. The second-order valence-electron chi connectivity index (χ2n) is 4.05. The third-order valence-corrected chi connectivity index (χ3v) is 2.75. The standard InChI is InChI=1S/C12H11F2NO4/c13-8-3-1-2-7(12(8)14)9(16)4-15-10(17)5-19-6-11(15)18/h1-3,9,16H,4-6H2. The minimum absolute atomic E-state index is 0.274. The van der Waals surface area contributed by atoms with Gasteiger partial charge < -0.3 is 9.84 Å². The Morgan fingerprint density at radius 2 is 1.89 bits per heavy atom. The summed E-state index contributed by atoms with van der Waals surface area (Å²) in [4.78, 5) is 23.6. The van der Waals surface area contributed by atoms with Gasteiger partial charge in [-0.3, -0.25) is 14.5 Å². The molecule has 0 saturated carbocycles. The highest BCUT2D eigenvalue weighted by Crippen LogP contribution is 2.20. The van der Waals surface area contributed by atoms with Crippen molar-refractivity contribution in [3.05, 3.63) is 35.4 Å². The summed E-state index contributed by atoms with van der Waals surface area (Å²) in [5.74, 6) is -3.53. The van der Waals surface area contributed by atoms with Crippen molar-refractivity contribution >= 4 is 11.8 Å². The molecular formula is C12H11F2NO4. The van der Waals surface area contributed by atoms with E-state index in [9.17, 15) is 23.5 Å². The van der Waals surface area contributed by atoms with E-state index in [2.05, 4.69) is 0 Å². The number of nitrogens with zero attached hydrogens (tertiary/aromatic N) is 1. The predicted octanol–water partition coefficient (Wildman–Crippen LogP) is 0.384. The Hall–Kier alpha value is -1.86. The largest absolute Gasteiger partial charge is 0.386 e. The topological polar surface area (TPSA) is 66.8 Å². The van der Waals surface area contributed by atoms with Crippen molar-refractivity contribution in [1.82, 2.24) is 4.90 Å². The number of hydrogen-bond acceptors (Lipinski definition) is 4. The molecule has 2 amide bonds. The van der Waals surface area contributed by atoms with Gasteiger partial charge in [-0.2, -0.15) is 0 Å². The molecule has 1 aliphatic rings. The van der Waals surface area contributed by atoms with E-state index in [4.69, 9.17) is 4.74 Å². The first-order chi connectivity index (χ1) is 9.00. The van der Waals surface area contributed by atoms with E-state index >= 15 is 0 Å². The molecule has 1 heterocycles. The number of hydrogen-bond donors (Lipinski definition) is 1. The SMILES string of the molecule is O=C1COCC(=O)N1CC(O)c1cccc(F)c1F. The molecule has 1 N–H and O–H groups in total. The molecule has 2 rings (SSSR count). The van der Waals surface area contributed by atoms with Gasteiger partial charge in [0.1, 0.15) is 19.3 Å². The van der Waals surface area contributed by atoms with E-state index in [0.717, 1.165) is 11.0 Å². The molecule has 1 atom stereocenters. The minimum Gasteiger partial charge on any atom is -0.386 e. The van der Waals surface area contributed by atoms with Gasteiger partial charge in [-0.15, -0.1) is 0 Å². The van der Waals surface area contributed by atoms with E-state index in [-0.39, 0.29) is 18.8 Å². The molecule has 7 heteroatoms. The normalized spacial score (nSPS) is 17.7. The summed E-state index contributed by atoms with van der Waals surface area (Å²) in [6, 6.07) is 3.34. The molecular weight excluding hydrogens is 260 g/mol. The average Bonchev–Trinajstić information content (AvgIpc) is 2.37. The fraction of sp³-hybridized carbons (Fsp3) is 0.333. The van der Waals surface area contributed by atoms with Gasteiger partial charge in [-0.25, -0.2) is 8.78 Å². The van der Waals surface area contributed by atoms with Crippen LogP contribution in [0.1, 0.15) is 11.7 Å². The summed E-state index contributed by atoms with van der Waals surface area (Å²) in [6.45, 7) is -0.977. The van der Waals surface area contributed by atoms with E-state index < -0.39 is 36.1 Å². The van der Waals surface area contributed by atoms with Gasteiger partial charge >= 0.3 is 0 Å². The highest BCUT2D eigenvalue weighted by Gasteiger charge is 2.29. The Morgan fingerprint density at radius 1 is 1.26 bits per heavy atom. The van der Waals surface area contributed by atoms with Gasteiger partial charge in [-0.1, -0.05) is 12.1 Å². The van der Waals surface area contributed by atoms with Crippen LogP contribution >= 0.6 is 0 Å². The van der Waals surface area contributed by atoms with Crippen molar-refractivity contribution in [3.8, 4) is 0 Å². The molecule has 1 aromatic carbocycles. The summed E-state index contributed by atoms with van der Waals surface area (Å²) < 4.78 is 31.2. The molecule has 0 spiro atoms. The Morgan fingerprint density at radius 3 is 2.53 bits per heavy atom. The number of β-amino-alcohol motifs (C(OH)–C–C–N with tert-alkyl or cyclic N) is 1. The number of carbonyl (C=O) groups is 2. The first-order valence-electron chi connectivity index (χ1n) is 5.53. The third kappa shape index (κ3) is 2.77. The molecule has 1 aromatic rings. The number of carbonyl (C=O) groups excluding carboxylic acids is 2. The van der Waals surface area contributed by atoms with E-state index in [1.807, 2.05) is 0 Å². The zero-order valence-electron chi connectivity index (χ0n) is 9.81. The van der Waals surface area contributed by atoms with Crippen molar-refractivity contribution in [2.45, 2.75) is 6.10 Å². The van der Waals surface area contributed by atoms with Crippen LogP contribution in [-0.2, 0) is 14.3 Å². The molecule has 5 nitrogen and oxygen atoms in total. The molecule has 0 aromatic heterocycles. The van der Waals surface area contributed by atoms with Crippen LogP contribution in [0, 0.1) is 11.6 Å².